The van der Waals surface area contributed by atoms with E-state index in [9.17, 15) is 5.11 Å². The number of phenolic OH excluding ortho intramolecular Hbond substituents is 1. The first-order valence-electron chi connectivity index (χ1n) is 10.2. The fraction of sp³-hybridized carbons (Fsp3) is 0.333. The summed E-state index contributed by atoms with van der Waals surface area (Å²) >= 11 is 1.66. The Balaban J connectivity index is 0.00000122. The third kappa shape index (κ3) is 3.69. The molecular weight excluding hydrogens is 469 g/mol. The predicted octanol–water partition coefficient (Wildman–Crippen LogP) is 4.02. The molecule has 3 aromatic heterocycles. The highest BCUT2D eigenvalue weighted by atomic mass is 35.5. The molecule has 8 nitrogen and oxygen atoms in total. The van der Waals surface area contributed by atoms with Crippen molar-refractivity contribution < 1.29 is 5.11 Å². The molecule has 0 radical (unpaired) electrons. The van der Waals surface area contributed by atoms with E-state index in [4.69, 9.17) is 4.98 Å². The molecule has 5 heterocycles. The minimum absolute atomic E-state index is 0. The monoisotopic (exact) mass is 491 g/mol. The minimum atomic E-state index is 0. The molecule has 0 saturated carbocycles. The maximum Gasteiger partial charge on any atom is 0.194 e. The van der Waals surface area contributed by atoms with Crippen LogP contribution in [0.4, 0.5) is 5.13 Å². The topological polar surface area (TPSA) is 103 Å². The van der Waals surface area contributed by atoms with Gasteiger partial charge in [-0.3, -0.25) is 5.10 Å². The maximum atomic E-state index is 10.6. The van der Waals surface area contributed by atoms with E-state index < -0.39 is 0 Å². The van der Waals surface area contributed by atoms with Gasteiger partial charge in [-0.2, -0.15) is 10.1 Å². The highest BCUT2D eigenvalue weighted by Crippen LogP contribution is 2.43. The number of fused-ring (bicyclic) bond motifs is 1. The van der Waals surface area contributed by atoms with Gasteiger partial charge in [-0.25, -0.2) is 0 Å². The maximum absolute atomic E-state index is 10.6. The largest absolute Gasteiger partial charge is 0.507 e. The molecule has 1 aromatic carbocycles. The highest BCUT2D eigenvalue weighted by molar-refractivity contribution is 7.22. The number of piperidine rings is 1. The van der Waals surface area contributed by atoms with Crippen LogP contribution >= 0.6 is 36.2 Å². The van der Waals surface area contributed by atoms with Crippen molar-refractivity contribution >= 4 is 51.6 Å². The van der Waals surface area contributed by atoms with Crippen molar-refractivity contribution in [3.63, 3.8) is 0 Å². The number of halogens is 2. The van der Waals surface area contributed by atoms with Crippen molar-refractivity contribution in [2.24, 2.45) is 0 Å². The Kier molecular flexibility index (Phi) is 6.26. The summed E-state index contributed by atoms with van der Waals surface area (Å²) in [6, 6.07) is 7.52. The van der Waals surface area contributed by atoms with Gasteiger partial charge >= 0.3 is 0 Å². The van der Waals surface area contributed by atoms with Crippen LogP contribution < -0.4 is 10.2 Å². The third-order valence-corrected chi connectivity index (χ3v) is 7.32. The van der Waals surface area contributed by atoms with Gasteiger partial charge in [0.25, 0.3) is 0 Å². The lowest BCUT2D eigenvalue weighted by Gasteiger charge is -2.55. The number of anilines is 1. The molecule has 2 aliphatic rings. The molecule has 4 aromatic rings. The predicted molar refractivity (Wildman–Crippen MR) is 131 cm³/mol. The number of aromatic nitrogens is 5. The van der Waals surface area contributed by atoms with Crippen LogP contribution in [0.3, 0.4) is 0 Å². The fourth-order valence-electron chi connectivity index (χ4n) is 4.55. The average Bonchev–Trinajstić information content (AvgIpc) is 3.43. The first-order chi connectivity index (χ1) is 14.7. The summed E-state index contributed by atoms with van der Waals surface area (Å²) < 4.78 is 0.985. The molecule has 11 heteroatoms. The van der Waals surface area contributed by atoms with Gasteiger partial charge in [-0.05, 0) is 49.6 Å². The second-order valence-electron chi connectivity index (χ2n) is 8.04. The van der Waals surface area contributed by atoms with E-state index in [1.165, 1.54) is 19.3 Å². The van der Waals surface area contributed by atoms with Crippen LogP contribution in [-0.2, 0) is 0 Å². The number of benzene rings is 1. The van der Waals surface area contributed by atoms with E-state index in [2.05, 4.69) is 30.6 Å². The van der Waals surface area contributed by atoms with Crippen LogP contribution in [0.1, 0.15) is 19.3 Å². The fourth-order valence-corrected chi connectivity index (χ4v) is 5.62. The quantitative estimate of drug-likeness (QED) is 0.397. The average molecular weight is 492 g/mol. The molecule has 1 unspecified atom stereocenters. The van der Waals surface area contributed by atoms with E-state index in [0.717, 1.165) is 40.6 Å². The van der Waals surface area contributed by atoms with Crippen LogP contribution in [0, 0.1) is 0 Å². The van der Waals surface area contributed by atoms with Crippen molar-refractivity contribution in [2.75, 3.05) is 24.5 Å². The molecule has 32 heavy (non-hydrogen) atoms. The number of hydrogen-bond donors (Lipinski definition) is 3. The smallest absolute Gasteiger partial charge is 0.194 e. The Labute approximate surface area is 201 Å². The van der Waals surface area contributed by atoms with Crippen molar-refractivity contribution in [1.82, 2.24) is 30.7 Å². The van der Waals surface area contributed by atoms with E-state index in [1.807, 2.05) is 18.2 Å². The summed E-state index contributed by atoms with van der Waals surface area (Å²) in [5, 5.41) is 30.6. The molecule has 0 aliphatic carbocycles. The molecule has 6 rings (SSSR count). The highest BCUT2D eigenvalue weighted by Gasteiger charge is 2.46. The molecule has 1 spiro atoms. The number of aromatic hydroxyl groups is 1. The third-order valence-electron chi connectivity index (χ3n) is 6.30. The summed E-state index contributed by atoms with van der Waals surface area (Å²) in [5.74, 6) is 0.169. The van der Waals surface area contributed by atoms with E-state index >= 15 is 0 Å². The summed E-state index contributed by atoms with van der Waals surface area (Å²) in [6.07, 6.45) is 7.15. The first kappa shape index (κ1) is 22.7. The van der Waals surface area contributed by atoms with Crippen LogP contribution in [0.15, 0.2) is 36.7 Å². The van der Waals surface area contributed by atoms with E-state index in [1.54, 1.807) is 29.8 Å². The van der Waals surface area contributed by atoms with Crippen LogP contribution in [0.5, 0.6) is 5.75 Å². The lowest BCUT2D eigenvalue weighted by Crippen LogP contribution is -2.66. The lowest BCUT2D eigenvalue weighted by molar-refractivity contribution is 0.211. The van der Waals surface area contributed by atoms with Gasteiger partial charge in [0.05, 0.1) is 22.1 Å². The first-order valence-corrected chi connectivity index (χ1v) is 11.0. The SMILES string of the molecule is Cl.Cl.Oc1cc(-c2cn[nH]c2)ccc1-c1cc2sc(N3CCC34CCCNC4)nc2nn1. The van der Waals surface area contributed by atoms with Gasteiger partial charge in [-0.1, -0.05) is 17.4 Å². The number of H-pyrrole nitrogens is 1. The van der Waals surface area contributed by atoms with Gasteiger partial charge < -0.3 is 15.3 Å². The van der Waals surface area contributed by atoms with Gasteiger partial charge in [0, 0.05) is 30.4 Å². The van der Waals surface area contributed by atoms with E-state index in [0.29, 0.717) is 16.9 Å². The summed E-state index contributed by atoms with van der Waals surface area (Å²) in [5.41, 5.74) is 3.99. The number of aromatic amines is 1. The number of phenols is 1. The zero-order valence-electron chi connectivity index (χ0n) is 17.1. The normalized spacial score (nSPS) is 19.9. The van der Waals surface area contributed by atoms with Crippen LogP contribution in [0.2, 0.25) is 0 Å². The Bertz CT molecular complexity index is 1220. The molecular formula is C21H23Cl2N7OS. The molecule has 2 aliphatic heterocycles. The molecule has 168 valence electrons. The summed E-state index contributed by atoms with van der Waals surface area (Å²) in [6.45, 7) is 3.17. The van der Waals surface area contributed by atoms with Crippen molar-refractivity contribution in [2.45, 2.75) is 24.8 Å². The number of rotatable bonds is 3. The van der Waals surface area contributed by atoms with Crippen molar-refractivity contribution in [3.8, 4) is 28.1 Å². The summed E-state index contributed by atoms with van der Waals surface area (Å²) in [4.78, 5) is 7.19. The van der Waals surface area contributed by atoms with Crippen LogP contribution in [0.25, 0.3) is 32.7 Å². The Morgan fingerprint density at radius 2 is 2.00 bits per heavy atom. The van der Waals surface area contributed by atoms with Gasteiger partial charge in [0.2, 0.25) is 0 Å². The van der Waals surface area contributed by atoms with Gasteiger partial charge in [0.15, 0.2) is 10.8 Å². The molecule has 2 saturated heterocycles. The number of nitrogens with zero attached hydrogens (tertiary/aromatic N) is 5. The zero-order valence-corrected chi connectivity index (χ0v) is 19.6. The van der Waals surface area contributed by atoms with Crippen molar-refractivity contribution in [3.05, 3.63) is 36.7 Å². The molecule has 0 amide bonds. The Hall–Kier alpha value is -2.46. The minimum Gasteiger partial charge on any atom is -0.507 e. The lowest BCUT2D eigenvalue weighted by atomic mass is 9.79. The van der Waals surface area contributed by atoms with E-state index in [-0.39, 0.29) is 36.1 Å². The van der Waals surface area contributed by atoms with Gasteiger partial charge in [-0.15, -0.1) is 35.0 Å². The molecule has 3 N–H and O–H groups in total. The van der Waals surface area contributed by atoms with Crippen LogP contribution in [-0.4, -0.2) is 55.7 Å². The second kappa shape index (κ2) is 8.82. The Morgan fingerprint density at radius 1 is 1.09 bits per heavy atom. The number of thiazole rings is 1. The second-order valence-corrected chi connectivity index (χ2v) is 9.05. The van der Waals surface area contributed by atoms with Gasteiger partial charge in [0.1, 0.15) is 5.75 Å². The zero-order chi connectivity index (χ0) is 20.1. The molecule has 0 bridgehead atoms. The molecule has 1 atom stereocenters. The standard InChI is InChI=1S/C21H21N7OS.2ClH/c29-17-8-13(14-10-23-24-11-14)2-3-15(17)16-9-18-19(27-26-16)25-20(30-18)28-7-5-21(28)4-1-6-22-12-21;;/h2-3,8-11,22,29H,1,4-7,12H2,(H,23,24);2*1H. The summed E-state index contributed by atoms with van der Waals surface area (Å²) in [7, 11) is 0. The number of hydrogen-bond acceptors (Lipinski definition) is 8. The Morgan fingerprint density at radius 3 is 2.69 bits per heavy atom. The van der Waals surface area contributed by atoms with Crippen molar-refractivity contribution in [1.29, 1.82) is 0 Å². The molecule has 2 fully saturated rings. The number of nitrogens with one attached hydrogen (secondary N) is 2.